The van der Waals surface area contributed by atoms with Crippen LogP contribution in [0.25, 0.3) is 0 Å². The standard InChI is InChI=1S/C14H24ClN3/c1-4-10-5-7-11(8-6-10)13(16-2)14-12(15)9-17-18(14)3/h9-11,13,16H,4-8H2,1-3H3. The molecule has 1 aromatic rings. The fraction of sp³-hybridized carbons (Fsp3) is 0.786. The summed E-state index contributed by atoms with van der Waals surface area (Å²) >= 11 is 6.27. The molecular weight excluding hydrogens is 246 g/mol. The van der Waals surface area contributed by atoms with E-state index in [1.54, 1.807) is 6.20 Å². The zero-order chi connectivity index (χ0) is 13.1. The number of hydrogen-bond acceptors (Lipinski definition) is 2. The number of rotatable bonds is 4. The maximum absolute atomic E-state index is 6.27. The Morgan fingerprint density at radius 2 is 2.11 bits per heavy atom. The third-order valence-corrected chi connectivity index (χ3v) is 4.77. The van der Waals surface area contributed by atoms with E-state index in [4.69, 9.17) is 11.6 Å². The first-order valence-corrected chi connectivity index (χ1v) is 7.39. The molecule has 4 heteroatoms. The lowest BCUT2D eigenvalue weighted by molar-refractivity contribution is 0.219. The van der Waals surface area contributed by atoms with Gasteiger partial charge in [-0.3, -0.25) is 4.68 Å². The Bertz CT molecular complexity index is 361. The van der Waals surface area contributed by atoms with E-state index in [0.717, 1.165) is 16.6 Å². The van der Waals surface area contributed by atoms with Crippen LogP contribution in [0.5, 0.6) is 0 Å². The molecule has 1 fully saturated rings. The van der Waals surface area contributed by atoms with Crippen LogP contribution in [0.2, 0.25) is 5.02 Å². The Morgan fingerprint density at radius 1 is 1.44 bits per heavy atom. The van der Waals surface area contributed by atoms with Crippen LogP contribution in [0.4, 0.5) is 0 Å². The van der Waals surface area contributed by atoms with Crippen LogP contribution < -0.4 is 5.32 Å². The highest BCUT2D eigenvalue weighted by molar-refractivity contribution is 6.31. The van der Waals surface area contributed by atoms with Crippen LogP contribution in [0.3, 0.4) is 0 Å². The Morgan fingerprint density at radius 3 is 2.56 bits per heavy atom. The maximum atomic E-state index is 6.27. The van der Waals surface area contributed by atoms with Gasteiger partial charge < -0.3 is 5.32 Å². The van der Waals surface area contributed by atoms with Crippen molar-refractivity contribution in [2.45, 2.75) is 45.1 Å². The van der Waals surface area contributed by atoms with E-state index < -0.39 is 0 Å². The summed E-state index contributed by atoms with van der Waals surface area (Å²) in [6, 6.07) is 0.336. The van der Waals surface area contributed by atoms with Crippen LogP contribution in [-0.4, -0.2) is 16.8 Å². The molecule has 3 nitrogen and oxygen atoms in total. The van der Waals surface area contributed by atoms with Gasteiger partial charge in [0.05, 0.1) is 23.0 Å². The molecule has 0 saturated heterocycles. The predicted octanol–water partition coefficient (Wildman–Crippen LogP) is 3.55. The highest BCUT2D eigenvalue weighted by Crippen LogP contribution is 2.39. The number of aryl methyl sites for hydroxylation is 1. The molecule has 1 aromatic heterocycles. The van der Waals surface area contributed by atoms with Crippen molar-refractivity contribution in [3.05, 3.63) is 16.9 Å². The predicted molar refractivity (Wildman–Crippen MR) is 75.8 cm³/mol. The van der Waals surface area contributed by atoms with Gasteiger partial charge >= 0.3 is 0 Å². The third-order valence-electron chi connectivity index (χ3n) is 4.48. The van der Waals surface area contributed by atoms with Crippen molar-refractivity contribution in [3.8, 4) is 0 Å². The lowest BCUT2D eigenvalue weighted by Gasteiger charge is -2.33. The second-order valence-electron chi connectivity index (χ2n) is 5.46. The van der Waals surface area contributed by atoms with E-state index in [1.165, 1.54) is 32.1 Å². The minimum atomic E-state index is 0.336. The lowest BCUT2D eigenvalue weighted by Crippen LogP contribution is -2.30. The van der Waals surface area contributed by atoms with Crippen molar-refractivity contribution in [2.24, 2.45) is 18.9 Å². The van der Waals surface area contributed by atoms with E-state index in [2.05, 4.69) is 17.3 Å². The second kappa shape index (κ2) is 6.07. The first-order chi connectivity index (χ1) is 8.67. The minimum absolute atomic E-state index is 0.336. The Hall–Kier alpha value is -0.540. The molecule has 0 bridgehead atoms. The summed E-state index contributed by atoms with van der Waals surface area (Å²) < 4.78 is 1.91. The van der Waals surface area contributed by atoms with Crippen LogP contribution in [0, 0.1) is 11.8 Å². The van der Waals surface area contributed by atoms with Crippen LogP contribution >= 0.6 is 11.6 Å². The maximum Gasteiger partial charge on any atom is 0.0834 e. The lowest BCUT2D eigenvalue weighted by atomic mass is 9.77. The van der Waals surface area contributed by atoms with E-state index in [0.29, 0.717) is 12.0 Å². The number of aromatic nitrogens is 2. The Balaban J connectivity index is 2.10. The third kappa shape index (κ3) is 2.72. The van der Waals surface area contributed by atoms with Gasteiger partial charge in [0.1, 0.15) is 0 Å². The molecule has 1 aliphatic carbocycles. The molecule has 1 aliphatic rings. The van der Waals surface area contributed by atoms with Crippen LogP contribution in [-0.2, 0) is 7.05 Å². The van der Waals surface area contributed by atoms with E-state index in [-0.39, 0.29) is 0 Å². The Kier molecular flexibility index (Phi) is 4.68. The van der Waals surface area contributed by atoms with Gasteiger partial charge in [-0.1, -0.05) is 37.8 Å². The summed E-state index contributed by atoms with van der Waals surface area (Å²) in [7, 11) is 4.00. The topological polar surface area (TPSA) is 29.9 Å². The molecule has 0 aromatic carbocycles. The average molecular weight is 270 g/mol. The summed E-state index contributed by atoms with van der Waals surface area (Å²) in [5.41, 5.74) is 1.14. The van der Waals surface area contributed by atoms with Crippen molar-refractivity contribution in [2.75, 3.05) is 7.05 Å². The summed E-state index contributed by atoms with van der Waals surface area (Å²) in [5, 5.41) is 8.49. The average Bonchev–Trinajstić information content (AvgIpc) is 2.72. The second-order valence-corrected chi connectivity index (χ2v) is 5.86. The van der Waals surface area contributed by atoms with Gasteiger partial charge in [-0.15, -0.1) is 0 Å². The van der Waals surface area contributed by atoms with Crippen LogP contribution in [0.1, 0.15) is 50.8 Å². The molecule has 18 heavy (non-hydrogen) atoms. The monoisotopic (exact) mass is 269 g/mol. The van der Waals surface area contributed by atoms with Crippen molar-refractivity contribution in [1.29, 1.82) is 0 Å². The van der Waals surface area contributed by atoms with Gasteiger partial charge in [-0.2, -0.15) is 5.10 Å². The smallest absolute Gasteiger partial charge is 0.0834 e. The molecule has 1 heterocycles. The molecule has 1 N–H and O–H groups in total. The van der Waals surface area contributed by atoms with E-state index in [1.807, 2.05) is 18.8 Å². The molecule has 0 aliphatic heterocycles. The first kappa shape index (κ1) is 13.9. The quantitative estimate of drug-likeness (QED) is 0.906. The molecule has 102 valence electrons. The van der Waals surface area contributed by atoms with E-state index >= 15 is 0 Å². The molecule has 0 radical (unpaired) electrons. The van der Waals surface area contributed by atoms with Gasteiger partial charge in [0.2, 0.25) is 0 Å². The van der Waals surface area contributed by atoms with Gasteiger partial charge in [-0.05, 0) is 31.7 Å². The van der Waals surface area contributed by atoms with E-state index in [9.17, 15) is 0 Å². The Labute approximate surface area is 115 Å². The molecule has 1 unspecified atom stereocenters. The van der Waals surface area contributed by atoms with Crippen molar-refractivity contribution in [3.63, 3.8) is 0 Å². The number of halogens is 1. The highest BCUT2D eigenvalue weighted by atomic mass is 35.5. The SMILES string of the molecule is CCC1CCC(C(NC)c2c(Cl)cnn2C)CC1. The summed E-state index contributed by atoms with van der Waals surface area (Å²) in [5.74, 6) is 1.62. The number of hydrogen-bond donors (Lipinski definition) is 1. The summed E-state index contributed by atoms with van der Waals surface area (Å²) in [4.78, 5) is 0. The highest BCUT2D eigenvalue weighted by Gasteiger charge is 2.30. The zero-order valence-corrected chi connectivity index (χ0v) is 12.4. The zero-order valence-electron chi connectivity index (χ0n) is 11.6. The van der Waals surface area contributed by atoms with Gasteiger partial charge in [0.15, 0.2) is 0 Å². The number of nitrogens with zero attached hydrogens (tertiary/aromatic N) is 2. The van der Waals surface area contributed by atoms with Gasteiger partial charge in [0.25, 0.3) is 0 Å². The molecule has 1 atom stereocenters. The number of nitrogens with one attached hydrogen (secondary N) is 1. The van der Waals surface area contributed by atoms with Crippen molar-refractivity contribution >= 4 is 11.6 Å². The minimum Gasteiger partial charge on any atom is -0.311 e. The summed E-state index contributed by atoms with van der Waals surface area (Å²) in [6.07, 6.45) is 8.38. The normalized spacial score (nSPS) is 26.2. The van der Waals surface area contributed by atoms with Crippen molar-refractivity contribution < 1.29 is 0 Å². The fourth-order valence-corrected chi connectivity index (χ4v) is 3.58. The summed E-state index contributed by atoms with van der Waals surface area (Å²) in [6.45, 7) is 2.30. The van der Waals surface area contributed by atoms with Gasteiger partial charge in [0, 0.05) is 7.05 Å². The molecule has 1 saturated carbocycles. The van der Waals surface area contributed by atoms with Crippen LogP contribution in [0.15, 0.2) is 6.20 Å². The molecule has 0 spiro atoms. The fourth-order valence-electron chi connectivity index (χ4n) is 3.30. The first-order valence-electron chi connectivity index (χ1n) is 7.02. The molecule has 2 rings (SSSR count). The molecule has 0 amide bonds. The van der Waals surface area contributed by atoms with Crippen molar-refractivity contribution in [1.82, 2.24) is 15.1 Å². The van der Waals surface area contributed by atoms with Gasteiger partial charge in [-0.25, -0.2) is 0 Å². The largest absolute Gasteiger partial charge is 0.311 e. The molecular formula is C14H24ClN3.